The maximum atomic E-state index is 12.5. The van der Waals surface area contributed by atoms with E-state index in [-0.39, 0.29) is 12.3 Å². The predicted molar refractivity (Wildman–Crippen MR) is 198 cm³/mol. The number of hydrogen-bond donors (Lipinski definition) is 3. The fourth-order valence-electron chi connectivity index (χ4n) is 5.50. The molecule has 2 atom stereocenters. The van der Waals surface area contributed by atoms with Gasteiger partial charge in [0, 0.05) is 6.42 Å². The van der Waals surface area contributed by atoms with Crippen molar-refractivity contribution in [1.82, 2.24) is 5.32 Å². The number of aliphatic hydroxyl groups excluding tert-OH is 1. The Kier molecular flexibility index (Phi) is 32.0. The van der Waals surface area contributed by atoms with E-state index in [2.05, 4.69) is 67.8 Å². The summed E-state index contributed by atoms with van der Waals surface area (Å²) in [6.07, 6.45) is 43.4. The third kappa shape index (κ3) is 33.7. The Hall–Kier alpha value is -1.70. The zero-order valence-corrected chi connectivity index (χ0v) is 30.5. The quantitative estimate of drug-likeness (QED) is 0.0368. The predicted octanol–water partition coefficient (Wildman–Crippen LogP) is 10.7. The number of aliphatic hydroxyl groups is 1. The van der Waals surface area contributed by atoms with Gasteiger partial charge in [-0.3, -0.25) is 9.35 Å². The average Bonchev–Trinajstić information content (AvgIpc) is 3.01. The summed E-state index contributed by atoms with van der Waals surface area (Å²) in [6.45, 7) is 4.39. The highest BCUT2D eigenvalue weighted by Crippen LogP contribution is 2.15. The van der Waals surface area contributed by atoms with Crippen molar-refractivity contribution in [1.29, 1.82) is 0 Å². The van der Waals surface area contributed by atoms with E-state index in [0.717, 1.165) is 57.8 Å². The van der Waals surface area contributed by atoms with Crippen LogP contribution in [0.3, 0.4) is 0 Å². The van der Waals surface area contributed by atoms with E-state index in [1.54, 1.807) is 0 Å². The first kappa shape index (κ1) is 44.3. The van der Waals surface area contributed by atoms with Gasteiger partial charge >= 0.3 is 0 Å². The minimum atomic E-state index is -4.32. The van der Waals surface area contributed by atoms with Crippen molar-refractivity contribution in [2.75, 3.05) is 5.75 Å². The Balaban J connectivity index is 3.99. The standard InChI is InChI=1S/C39H71NO5S/c1-3-5-7-9-11-13-15-17-19-21-22-24-26-28-30-32-34-38(41)37(36-46(43,44)45)40-39(42)35-33-31-29-27-25-23-20-18-16-14-12-10-8-6-4-2/h6,8,12,14,18,20,25,27,37-38,41H,3-5,7,9-11,13,15-17,19,21-24,26,28-36H2,1-2H3,(H,40,42)(H,43,44,45)/b8-6-,14-12-,20-18-,27-25-. The van der Waals surface area contributed by atoms with E-state index in [0.29, 0.717) is 12.8 Å². The van der Waals surface area contributed by atoms with Crippen molar-refractivity contribution in [2.24, 2.45) is 0 Å². The summed E-state index contributed by atoms with van der Waals surface area (Å²) in [5, 5.41) is 13.3. The monoisotopic (exact) mass is 666 g/mol. The van der Waals surface area contributed by atoms with Crippen LogP contribution in [0.25, 0.3) is 0 Å². The maximum absolute atomic E-state index is 12.5. The molecule has 0 bridgehead atoms. The highest BCUT2D eigenvalue weighted by Gasteiger charge is 2.26. The number of rotatable bonds is 33. The van der Waals surface area contributed by atoms with Crippen molar-refractivity contribution in [3.63, 3.8) is 0 Å². The summed E-state index contributed by atoms with van der Waals surface area (Å²) >= 11 is 0. The second-order valence-corrected chi connectivity index (χ2v) is 14.3. The molecule has 7 heteroatoms. The molecule has 0 aromatic rings. The minimum absolute atomic E-state index is 0.265. The van der Waals surface area contributed by atoms with Crippen molar-refractivity contribution in [3.8, 4) is 0 Å². The number of amides is 1. The van der Waals surface area contributed by atoms with E-state index in [1.807, 2.05) is 0 Å². The number of nitrogens with one attached hydrogen (secondary N) is 1. The molecule has 268 valence electrons. The van der Waals surface area contributed by atoms with E-state index >= 15 is 0 Å². The lowest BCUT2D eigenvalue weighted by molar-refractivity contribution is -0.122. The first-order chi connectivity index (χ1) is 22.3. The van der Waals surface area contributed by atoms with Gasteiger partial charge in [0.05, 0.1) is 17.9 Å². The van der Waals surface area contributed by atoms with Gasteiger partial charge in [-0.15, -0.1) is 0 Å². The molecule has 0 fully saturated rings. The van der Waals surface area contributed by atoms with Crippen molar-refractivity contribution < 1.29 is 22.9 Å². The fraction of sp³-hybridized carbons (Fsp3) is 0.769. The van der Waals surface area contributed by atoms with Gasteiger partial charge in [-0.05, 0) is 51.4 Å². The third-order valence-electron chi connectivity index (χ3n) is 8.30. The molecule has 2 unspecified atom stereocenters. The molecule has 0 aromatic heterocycles. The summed E-state index contributed by atoms with van der Waals surface area (Å²) in [7, 11) is -4.32. The molecule has 3 N–H and O–H groups in total. The average molecular weight is 666 g/mol. The van der Waals surface area contributed by atoms with Gasteiger partial charge in [-0.1, -0.05) is 165 Å². The molecule has 0 saturated carbocycles. The molecule has 0 aliphatic carbocycles. The molecule has 0 spiro atoms. The van der Waals surface area contributed by atoms with Crippen molar-refractivity contribution in [3.05, 3.63) is 48.6 Å². The summed E-state index contributed by atoms with van der Waals surface area (Å²) < 4.78 is 32.4. The molecular weight excluding hydrogens is 594 g/mol. The molecule has 0 rings (SSSR count). The van der Waals surface area contributed by atoms with Crippen LogP contribution in [0.2, 0.25) is 0 Å². The van der Waals surface area contributed by atoms with Crippen LogP contribution in [0.1, 0.15) is 174 Å². The number of carbonyl (C=O) groups excluding carboxylic acids is 1. The number of allylic oxidation sites excluding steroid dienone is 8. The molecule has 0 saturated heterocycles. The normalized spacial score (nSPS) is 13.9. The zero-order valence-electron chi connectivity index (χ0n) is 29.7. The van der Waals surface area contributed by atoms with Gasteiger partial charge in [0.1, 0.15) is 0 Å². The first-order valence-corrected chi connectivity index (χ1v) is 20.4. The highest BCUT2D eigenvalue weighted by molar-refractivity contribution is 7.85. The number of hydrogen-bond acceptors (Lipinski definition) is 4. The van der Waals surface area contributed by atoms with Gasteiger partial charge in [0.15, 0.2) is 0 Å². The van der Waals surface area contributed by atoms with Gasteiger partial charge in [0.2, 0.25) is 5.91 Å². The molecule has 0 aliphatic rings. The zero-order chi connectivity index (χ0) is 34.0. The number of carbonyl (C=O) groups is 1. The second-order valence-electron chi connectivity index (χ2n) is 12.8. The van der Waals surface area contributed by atoms with Crippen LogP contribution >= 0.6 is 0 Å². The number of unbranched alkanes of at least 4 members (excludes halogenated alkanes) is 17. The van der Waals surface area contributed by atoms with Crippen LogP contribution in [0.15, 0.2) is 48.6 Å². The SMILES string of the molecule is CC/C=C\C/C=C\C/C=C\C/C=C\CCCCC(=O)NC(CS(=O)(=O)O)C(O)CCCCCCCCCCCCCCCCCC. The van der Waals surface area contributed by atoms with Crippen LogP contribution < -0.4 is 5.32 Å². The van der Waals surface area contributed by atoms with Gasteiger partial charge in [-0.2, -0.15) is 8.42 Å². The first-order valence-electron chi connectivity index (χ1n) is 18.8. The lowest BCUT2D eigenvalue weighted by Gasteiger charge is -2.23. The Labute approximate surface area is 284 Å². The second kappa shape index (κ2) is 33.2. The topological polar surface area (TPSA) is 104 Å². The van der Waals surface area contributed by atoms with Gasteiger partial charge in [0.25, 0.3) is 10.1 Å². The maximum Gasteiger partial charge on any atom is 0.266 e. The largest absolute Gasteiger partial charge is 0.391 e. The molecule has 0 aromatic carbocycles. The lowest BCUT2D eigenvalue weighted by Crippen LogP contribution is -2.47. The van der Waals surface area contributed by atoms with E-state index in [9.17, 15) is 22.9 Å². The van der Waals surface area contributed by atoms with Crippen LogP contribution in [-0.2, 0) is 14.9 Å². The summed E-state index contributed by atoms with van der Waals surface area (Å²) in [5.74, 6) is -0.953. The third-order valence-corrected chi connectivity index (χ3v) is 9.08. The summed E-state index contributed by atoms with van der Waals surface area (Å²) in [4.78, 5) is 12.5. The minimum Gasteiger partial charge on any atom is -0.391 e. The smallest absolute Gasteiger partial charge is 0.266 e. The van der Waals surface area contributed by atoms with Gasteiger partial charge in [-0.25, -0.2) is 0 Å². The van der Waals surface area contributed by atoms with E-state index in [1.165, 1.54) is 83.5 Å². The van der Waals surface area contributed by atoms with E-state index in [4.69, 9.17) is 0 Å². The fourth-order valence-corrected chi connectivity index (χ4v) is 6.26. The Morgan fingerprint density at radius 3 is 1.50 bits per heavy atom. The highest BCUT2D eigenvalue weighted by atomic mass is 32.2. The van der Waals surface area contributed by atoms with Crippen LogP contribution in [-0.4, -0.2) is 41.9 Å². The summed E-state index contributed by atoms with van der Waals surface area (Å²) in [6, 6.07) is -0.992. The molecule has 46 heavy (non-hydrogen) atoms. The lowest BCUT2D eigenvalue weighted by atomic mass is 10.0. The Morgan fingerprint density at radius 2 is 1.04 bits per heavy atom. The van der Waals surface area contributed by atoms with Gasteiger partial charge < -0.3 is 10.4 Å². The van der Waals surface area contributed by atoms with Crippen molar-refractivity contribution in [2.45, 2.75) is 187 Å². The molecule has 6 nitrogen and oxygen atoms in total. The Bertz CT molecular complexity index is 909. The molecular formula is C39H71NO5S. The summed E-state index contributed by atoms with van der Waals surface area (Å²) in [5.41, 5.74) is 0. The van der Waals surface area contributed by atoms with Crippen LogP contribution in [0.4, 0.5) is 0 Å². The molecule has 0 radical (unpaired) electrons. The van der Waals surface area contributed by atoms with Crippen LogP contribution in [0, 0.1) is 0 Å². The van der Waals surface area contributed by atoms with Crippen molar-refractivity contribution >= 4 is 16.0 Å². The van der Waals surface area contributed by atoms with Crippen LogP contribution in [0.5, 0.6) is 0 Å². The molecule has 0 heterocycles. The van der Waals surface area contributed by atoms with E-state index < -0.39 is 28.0 Å². The molecule has 0 aliphatic heterocycles. The Morgan fingerprint density at radius 1 is 0.609 bits per heavy atom. The molecule has 1 amide bonds.